The molecule has 0 radical (unpaired) electrons. The molecule has 1 N–H and O–H groups in total. The summed E-state index contributed by atoms with van der Waals surface area (Å²) in [6.45, 7) is 0. The number of carbonyl (C=O) groups excluding carboxylic acids is 2. The third-order valence-electron chi connectivity index (χ3n) is 4.94. The summed E-state index contributed by atoms with van der Waals surface area (Å²) in [5.41, 5.74) is 1.26. The SMILES string of the molecule is COC(=O)CCC(=O)c1c(O)c2c(C3=CCCCC3)ccnc2n(C)c1=O. The summed E-state index contributed by atoms with van der Waals surface area (Å²) >= 11 is 0. The Balaban J connectivity index is 2.18. The van der Waals surface area contributed by atoms with Gasteiger partial charge in [0.15, 0.2) is 5.78 Å². The van der Waals surface area contributed by atoms with Gasteiger partial charge in [-0.15, -0.1) is 0 Å². The maximum absolute atomic E-state index is 12.7. The van der Waals surface area contributed by atoms with Gasteiger partial charge < -0.3 is 9.84 Å². The van der Waals surface area contributed by atoms with Crippen LogP contribution in [-0.4, -0.2) is 33.5 Å². The molecule has 7 nitrogen and oxygen atoms in total. The Labute approximate surface area is 156 Å². The monoisotopic (exact) mass is 370 g/mol. The normalized spacial score (nSPS) is 14.1. The van der Waals surface area contributed by atoms with Gasteiger partial charge in [-0.1, -0.05) is 6.08 Å². The Bertz CT molecular complexity index is 1000. The molecule has 1 aliphatic carbocycles. The average Bonchev–Trinajstić information content (AvgIpc) is 2.70. The summed E-state index contributed by atoms with van der Waals surface area (Å²) in [6, 6.07) is 1.80. The molecule has 0 atom stereocenters. The van der Waals surface area contributed by atoms with Gasteiger partial charge >= 0.3 is 5.97 Å². The Morgan fingerprint density at radius 3 is 2.74 bits per heavy atom. The second kappa shape index (κ2) is 7.73. The van der Waals surface area contributed by atoms with Crippen LogP contribution in [0, 0.1) is 0 Å². The van der Waals surface area contributed by atoms with E-state index < -0.39 is 17.3 Å². The van der Waals surface area contributed by atoms with E-state index in [0.717, 1.165) is 36.8 Å². The second-order valence-electron chi connectivity index (χ2n) is 6.62. The van der Waals surface area contributed by atoms with E-state index in [1.807, 2.05) is 0 Å². The number of Topliss-reactive ketones (excluding diaryl/α,β-unsaturated/α-hetero) is 1. The van der Waals surface area contributed by atoms with Crippen LogP contribution in [0.4, 0.5) is 0 Å². The fourth-order valence-electron chi connectivity index (χ4n) is 3.47. The van der Waals surface area contributed by atoms with Crippen molar-refractivity contribution in [1.29, 1.82) is 0 Å². The molecular formula is C20H22N2O5. The number of esters is 1. The number of hydrogen-bond donors (Lipinski definition) is 1. The molecule has 2 heterocycles. The largest absolute Gasteiger partial charge is 0.506 e. The molecule has 0 bridgehead atoms. The number of ketones is 1. The summed E-state index contributed by atoms with van der Waals surface area (Å²) in [5, 5.41) is 11.2. The maximum atomic E-state index is 12.7. The highest BCUT2D eigenvalue weighted by Gasteiger charge is 2.24. The topological polar surface area (TPSA) is 98.5 Å². The number of rotatable bonds is 5. The highest BCUT2D eigenvalue weighted by atomic mass is 16.5. The summed E-state index contributed by atoms with van der Waals surface area (Å²) < 4.78 is 5.81. The Morgan fingerprint density at radius 1 is 1.30 bits per heavy atom. The zero-order valence-electron chi connectivity index (χ0n) is 15.4. The molecule has 0 spiro atoms. The lowest BCUT2D eigenvalue weighted by Gasteiger charge is -2.17. The van der Waals surface area contributed by atoms with Crippen molar-refractivity contribution < 1.29 is 19.4 Å². The van der Waals surface area contributed by atoms with Crippen LogP contribution >= 0.6 is 0 Å². The van der Waals surface area contributed by atoms with Crippen molar-refractivity contribution in [2.75, 3.05) is 7.11 Å². The smallest absolute Gasteiger partial charge is 0.305 e. The van der Waals surface area contributed by atoms with Crippen LogP contribution in [0.1, 0.15) is 54.4 Å². The fourth-order valence-corrected chi connectivity index (χ4v) is 3.47. The van der Waals surface area contributed by atoms with Crippen molar-refractivity contribution in [3.8, 4) is 5.75 Å². The van der Waals surface area contributed by atoms with Gasteiger partial charge in [0.05, 0.1) is 18.9 Å². The van der Waals surface area contributed by atoms with Crippen molar-refractivity contribution in [2.45, 2.75) is 38.5 Å². The van der Waals surface area contributed by atoms with Crippen LogP contribution in [0.3, 0.4) is 0 Å². The minimum atomic E-state index is -0.628. The Kier molecular flexibility index (Phi) is 5.39. The molecule has 1 aliphatic rings. The van der Waals surface area contributed by atoms with E-state index in [0.29, 0.717) is 11.0 Å². The molecule has 27 heavy (non-hydrogen) atoms. The van der Waals surface area contributed by atoms with Crippen LogP contribution in [0.2, 0.25) is 0 Å². The number of aromatic nitrogens is 2. The third kappa shape index (κ3) is 3.49. The first-order chi connectivity index (χ1) is 13.0. The van der Waals surface area contributed by atoms with Gasteiger partial charge in [0, 0.05) is 19.7 Å². The first kappa shape index (κ1) is 18.8. The van der Waals surface area contributed by atoms with Crippen LogP contribution in [-0.2, 0) is 16.6 Å². The van der Waals surface area contributed by atoms with E-state index in [-0.39, 0.29) is 24.2 Å². The van der Waals surface area contributed by atoms with E-state index in [1.54, 1.807) is 12.3 Å². The van der Waals surface area contributed by atoms with E-state index in [4.69, 9.17) is 0 Å². The standard InChI is InChI=1S/C20H22N2O5/c1-22-19-16(13(10-11-21-19)12-6-4-3-5-7-12)18(25)17(20(22)26)14(23)8-9-15(24)27-2/h6,10-11,25H,3-5,7-9H2,1-2H3. The molecule has 0 fully saturated rings. The summed E-state index contributed by atoms with van der Waals surface area (Å²) in [5.74, 6) is -1.50. The lowest BCUT2D eigenvalue weighted by molar-refractivity contribution is -0.140. The van der Waals surface area contributed by atoms with Crippen LogP contribution < -0.4 is 5.56 Å². The van der Waals surface area contributed by atoms with E-state index >= 15 is 0 Å². The zero-order chi connectivity index (χ0) is 19.6. The number of hydrogen-bond acceptors (Lipinski definition) is 6. The van der Waals surface area contributed by atoms with Gasteiger partial charge in [-0.25, -0.2) is 4.98 Å². The highest BCUT2D eigenvalue weighted by Crippen LogP contribution is 2.36. The number of aryl methyl sites for hydroxylation is 1. The molecule has 0 aliphatic heterocycles. The number of ether oxygens (including phenoxy) is 1. The van der Waals surface area contributed by atoms with Crippen molar-refractivity contribution in [1.82, 2.24) is 9.55 Å². The quantitative estimate of drug-likeness (QED) is 0.642. The second-order valence-corrected chi connectivity index (χ2v) is 6.62. The predicted molar refractivity (Wildman–Crippen MR) is 101 cm³/mol. The number of aromatic hydroxyl groups is 1. The van der Waals surface area contributed by atoms with Gasteiger partial charge in [-0.05, 0) is 42.9 Å². The molecule has 2 aromatic rings. The molecular weight excluding hydrogens is 348 g/mol. The Hall–Kier alpha value is -2.96. The lowest BCUT2D eigenvalue weighted by atomic mass is 9.91. The maximum Gasteiger partial charge on any atom is 0.305 e. The molecule has 0 aromatic carbocycles. The van der Waals surface area contributed by atoms with Crippen molar-refractivity contribution in [3.63, 3.8) is 0 Å². The number of carbonyl (C=O) groups is 2. The summed E-state index contributed by atoms with van der Waals surface area (Å²) in [4.78, 5) is 40.8. The van der Waals surface area contributed by atoms with Crippen LogP contribution in [0.5, 0.6) is 5.75 Å². The predicted octanol–water partition coefficient (Wildman–Crippen LogP) is 2.73. The van der Waals surface area contributed by atoms with Crippen molar-refractivity contribution in [3.05, 3.63) is 39.8 Å². The number of nitrogens with zero attached hydrogens (tertiary/aromatic N) is 2. The van der Waals surface area contributed by atoms with Crippen molar-refractivity contribution >= 4 is 28.4 Å². The average molecular weight is 370 g/mol. The molecule has 0 saturated heterocycles. The highest BCUT2D eigenvalue weighted by molar-refractivity contribution is 6.06. The molecule has 0 saturated carbocycles. The van der Waals surface area contributed by atoms with E-state index in [1.165, 1.54) is 18.7 Å². The Morgan fingerprint density at radius 2 is 2.07 bits per heavy atom. The van der Waals surface area contributed by atoms with Crippen LogP contribution in [0.15, 0.2) is 23.1 Å². The third-order valence-corrected chi connectivity index (χ3v) is 4.94. The van der Waals surface area contributed by atoms with Crippen LogP contribution in [0.25, 0.3) is 16.6 Å². The van der Waals surface area contributed by atoms with Gasteiger partial charge in [-0.3, -0.25) is 19.0 Å². The molecule has 2 aromatic heterocycles. The zero-order valence-corrected chi connectivity index (χ0v) is 15.4. The number of allylic oxidation sites excluding steroid dienone is 2. The minimum absolute atomic E-state index is 0.152. The number of fused-ring (bicyclic) bond motifs is 1. The molecule has 142 valence electrons. The lowest BCUT2D eigenvalue weighted by Crippen LogP contribution is -2.26. The van der Waals surface area contributed by atoms with Gasteiger partial charge in [0.2, 0.25) is 0 Å². The molecule has 0 unspecified atom stereocenters. The summed E-state index contributed by atoms with van der Waals surface area (Å²) in [7, 11) is 2.75. The van der Waals surface area contributed by atoms with Gasteiger partial charge in [0.1, 0.15) is 17.0 Å². The minimum Gasteiger partial charge on any atom is -0.506 e. The number of methoxy groups -OCH3 is 1. The van der Waals surface area contributed by atoms with Gasteiger partial charge in [0.25, 0.3) is 5.56 Å². The molecule has 0 amide bonds. The molecule has 3 rings (SSSR count). The van der Waals surface area contributed by atoms with E-state index in [2.05, 4.69) is 15.8 Å². The number of pyridine rings is 2. The summed E-state index contributed by atoms with van der Waals surface area (Å²) in [6.07, 6.45) is 7.36. The van der Waals surface area contributed by atoms with Gasteiger partial charge in [-0.2, -0.15) is 0 Å². The van der Waals surface area contributed by atoms with E-state index in [9.17, 15) is 19.5 Å². The molecule has 7 heteroatoms. The first-order valence-corrected chi connectivity index (χ1v) is 8.95. The fraction of sp³-hybridized carbons (Fsp3) is 0.400. The first-order valence-electron chi connectivity index (χ1n) is 8.95. The van der Waals surface area contributed by atoms with Crippen molar-refractivity contribution in [2.24, 2.45) is 7.05 Å².